The topological polar surface area (TPSA) is 57.5 Å². The lowest BCUT2D eigenvalue weighted by atomic mass is 9.46. The maximum Gasteiger partial charge on any atom is 0.155 e. The molecule has 11 atom stereocenters. The van der Waals surface area contributed by atoms with E-state index in [1.165, 1.54) is 0 Å². The fourth-order valence-electron chi connectivity index (χ4n) is 9.37. The first-order valence-electron chi connectivity index (χ1n) is 13.7. The van der Waals surface area contributed by atoms with Gasteiger partial charge in [0.15, 0.2) is 5.78 Å². The van der Waals surface area contributed by atoms with Gasteiger partial charge in [0.1, 0.15) is 6.17 Å². The Labute approximate surface area is 200 Å². The molecule has 0 saturated heterocycles. The third kappa shape index (κ3) is 3.96. The predicted octanol–water partition coefficient (Wildman–Crippen LogP) is 6.12. The van der Waals surface area contributed by atoms with Gasteiger partial charge in [-0.15, -0.1) is 0 Å². The van der Waals surface area contributed by atoms with E-state index >= 15 is 4.39 Å². The summed E-state index contributed by atoms with van der Waals surface area (Å²) in [6, 6.07) is 0. The molecule has 0 aromatic heterocycles. The van der Waals surface area contributed by atoms with Crippen LogP contribution in [0.2, 0.25) is 0 Å². The molecule has 3 fully saturated rings. The molecule has 0 amide bonds. The maximum absolute atomic E-state index is 15.5. The van der Waals surface area contributed by atoms with Crippen molar-refractivity contribution >= 4 is 5.78 Å². The smallest absolute Gasteiger partial charge is 0.155 e. The lowest BCUT2D eigenvalue weighted by molar-refractivity contribution is -0.120. The number of ketones is 1. The predicted molar refractivity (Wildman–Crippen MR) is 130 cm³/mol. The number of hydrogen-bond acceptors (Lipinski definition) is 3. The molecule has 4 heteroatoms. The van der Waals surface area contributed by atoms with E-state index in [9.17, 15) is 15.0 Å². The van der Waals surface area contributed by atoms with Gasteiger partial charge in [0.2, 0.25) is 0 Å². The van der Waals surface area contributed by atoms with Gasteiger partial charge in [0, 0.05) is 6.42 Å². The Bertz CT molecular complexity index is 777. The van der Waals surface area contributed by atoms with Gasteiger partial charge >= 0.3 is 0 Å². The molecule has 188 valence electrons. The van der Waals surface area contributed by atoms with E-state index in [-0.39, 0.29) is 28.4 Å². The molecule has 0 heterocycles. The van der Waals surface area contributed by atoms with Crippen molar-refractivity contribution in [1.29, 1.82) is 0 Å². The first kappa shape index (κ1) is 25.4. The van der Waals surface area contributed by atoms with Crippen LogP contribution in [0.15, 0.2) is 11.6 Å². The molecule has 0 bridgehead atoms. The summed E-state index contributed by atoms with van der Waals surface area (Å²) in [6.45, 7) is 13.1. The van der Waals surface area contributed by atoms with E-state index in [0.29, 0.717) is 42.4 Å². The van der Waals surface area contributed by atoms with E-state index in [2.05, 4.69) is 41.5 Å². The Kier molecular flexibility index (Phi) is 6.95. The number of fused-ring (bicyclic) bond motifs is 5. The summed E-state index contributed by atoms with van der Waals surface area (Å²) >= 11 is 0. The lowest BCUT2D eigenvalue weighted by Gasteiger charge is -2.59. The Morgan fingerprint density at radius 1 is 1.06 bits per heavy atom. The number of halogens is 1. The average molecular weight is 463 g/mol. The summed E-state index contributed by atoms with van der Waals surface area (Å²) < 4.78 is 15.5. The van der Waals surface area contributed by atoms with Crippen molar-refractivity contribution in [2.75, 3.05) is 0 Å². The van der Waals surface area contributed by atoms with Gasteiger partial charge in [-0.05, 0) is 102 Å². The zero-order valence-corrected chi connectivity index (χ0v) is 21.7. The second kappa shape index (κ2) is 9.04. The second-order valence-electron chi connectivity index (χ2n) is 12.9. The van der Waals surface area contributed by atoms with Gasteiger partial charge in [0.05, 0.1) is 12.2 Å². The minimum Gasteiger partial charge on any atom is -0.390 e. The van der Waals surface area contributed by atoms with E-state index in [4.69, 9.17) is 0 Å². The first-order valence-corrected chi connectivity index (χ1v) is 13.7. The summed E-state index contributed by atoms with van der Waals surface area (Å²) in [5.74, 6) is 2.20. The minimum absolute atomic E-state index is 0.0301. The Morgan fingerprint density at radius 2 is 1.76 bits per heavy atom. The Morgan fingerprint density at radius 3 is 2.39 bits per heavy atom. The molecule has 4 aliphatic rings. The van der Waals surface area contributed by atoms with Crippen molar-refractivity contribution in [2.45, 2.75) is 111 Å². The van der Waals surface area contributed by atoms with Gasteiger partial charge in [-0.1, -0.05) is 48.0 Å². The zero-order valence-electron chi connectivity index (χ0n) is 21.7. The highest BCUT2D eigenvalue weighted by Crippen LogP contribution is 2.68. The van der Waals surface area contributed by atoms with Crippen LogP contribution in [0.1, 0.15) is 92.9 Å². The molecular weight excluding hydrogens is 415 g/mol. The molecular formula is C29H47FO3. The molecule has 3 saturated carbocycles. The van der Waals surface area contributed by atoms with E-state index in [0.717, 1.165) is 44.1 Å². The molecule has 0 aliphatic heterocycles. The number of alkyl halides is 1. The highest BCUT2D eigenvalue weighted by atomic mass is 19.1. The molecule has 33 heavy (non-hydrogen) atoms. The first-order chi connectivity index (χ1) is 15.5. The van der Waals surface area contributed by atoms with Crippen molar-refractivity contribution in [3.05, 3.63) is 11.6 Å². The SMILES string of the molecule is CC[C@@H](C(C)C)[C@H](O)[C@@H](O)C(C)[C@H]1CCC2C3CC(F)C4=CC(=O)CC[C@]4(C)C3CC[C@@]21C. The molecule has 0 aromatic rings. The molecule has 4 rings (SSSR count). The molecule has 0 radical (unpaired) electrons. The van der Waals surface area contributed by atoms with Gasteiger partial charge in [-0.3, -0.25) is 4.79 Å². The van der Waals surface area contributed by atoms with Crippen LogP contribution in [0, 0.1) is 52.3 Å². The highest BCUT2D eigenvalue weighted by Gasteiger charge is 2.61. The number of rotatable bonds is 6. The van der Waals surface area contributed by atoms with Crippen LogP contribution in [0.5, 0.6) is 0 Å². The number of hydrogen-bond donors (Lipinski definition) is 2. The number of carbonyl (C=O) groups is 1. The normalized spacial score (nSPS) is 44.4. The van der Waals surface area contributed by atoms with Crippen molar-refractivity contribution < 1.29 is 19.4 Å². The summed E-state index contributed by atoms with van der Waals surface area (Å²) in [6.07, 6.45) is 6.34. The van der Waals surface area contributed by atoms with Gasteiger partial charge in [-0.2, -0.15) is 0 Å². The molecule has 2 N–H and O–H groups in total. The Hall–Kier alpha value is -0.740. The number of carbonyl (C=O) groups excluding carboxylic acids is 1. The minimum atomic E-state index is -0.997. The number of aliphatic hydroxyl groups is 2. The van der Waals surface area contributed by atoms with Crippen LogP contribution < -0.4 is 0 Å². The highest BCUT2D eigenvalue weighted by molar-refractivity contribution is 5.91. The molecule has 0 spiro atoms. The summed E-state index contributed by atoms with van der Waals surface area (Å²) in [5.41, 5.74) is 0.690. The van der Waals surface area contributed by atoms with Gasteiger partial charge < -0.3 is 10.2 Å². The maximum atomic E-state index is 15.5. The van der Waals surface area contributed by atoms with Gasteiger partial charge in [0.25, 0.3) is 0 Å². The van der Waals surface area contributed by atoms with Crippen molar-refractivity contribution in [3.63, 3.8) is 0 Å². The summed E-state index contributed by atoms with van der Waals surface area (Å²) in [7, 11) is 0. The quantitative estimate of drug-likeness (QED) is 0.500. The average Bonchev–Trinajstić information content (AvgIpc) is 3.11. The lowest BCUT2D eigenvalue weighted by Crippen LogP contribution is -2.54. The zero-order chi connectivity index (χ0) is 24.3. The monoisotopic (exact) mass is 462 g/mol. The van der Waals surface area contributed by atoms with E-state index < -0.39 is 18.4 Å². The third-order valence-electron chi connectivity index (χ3n) is 11.3. The molecule has 5 unspecified atom stereocenters. The third-order valence-corrected chi connectivity index (χ3v) is 11.3. The fourth-order valence-corrected chi connectivity index (χ4v) is 9.37. The standard InChI is InChI=1S/C29H47FO3/c1-7-19(16(2)3)27(33)26(32)17(4)21-8-9-22-20-15-25(30)24-14-18(31)10-12-29(24,6)23(20)11-13-28(21,22)5/h14,16-17,19-23,25-27,32-33H,7-13,15H2,1-6H3/t17?,19-,20?,21+,22?,23?,25?,26-,27-,28+,29+/m0/s1. The number of allylic oxidation sites excluding steroid dienone is 1. The van der Waals surface area contributed by atoms with Crippen LogP contribution in [-0.2, 0) is 4.79 Å². The van der Waals surface area contributed by atoms with E-state index in [1.807, 2.05) is 0 Å². The summed E-state index contributed by atoms with van der Waals surface area (Å²) in [4.78, 5) is 12.1. The van der Waals surface area contributed by atoms with Crippen molar-refractivity contribution in [1.82, 2.24) is 0 Å². The van der Waals surface area contributed by atoms with Crippen molar-refractivity contribution in [3.8, 4) is 0 Å². The molecule has 0 aromatic carbocycles. The Balaban J connectivity index is 1.56. The summed E-state index contributed by atoms with van der Waals surface area (Å²) in [5, 5.41) is 22.3. The van der Waals surface area contributed by atoms with Crippen LogP contribution in [0.3, 0.4) is 0 Å². The number of aliphatic hydroxyl groups excluding tert-OH is 2. The van der Waals surface area contributed by atoms with Crippen LogP contribution in [-0.4, -0.2) is 34.4 Å². The molecule has 4 aliphatic carbocycles. The molecule has 3 nitrogen and oxygen atoms in total. The van der Waals surface area contributed by atoms with Crippen molar-refractivity contribution in [2.24, 2.45) is 52.3 Å². The van der Waals surface area contributed by atoms with E-state index in [1.54, 1.807) is 6.08 Å². The van der Waals surface area contributed by atoms with Crippen LogP contribution in [0.25, 0.3) is 0 Å². The van der Waals surface area contributed by atoms with Gasteiger partial charge in [-0.25, -0.2) is 4.39 Å². The van der Waals surface area contributed by atoms with Crippen LogP contribution >= 0.6 is 0 Å². The largest absolute Gasteiger partial charge is 0.390 e. The van der Waals surface area contributed by atoms with Crippen LogP contribution in [0.4, 0.5) is 4.39 Å². The fraction of sp³-hybridized carbons (Fsp3) is 0.897. The second-order valence-corrected chi connectivity index (χ2v) is 12.9.